The minimum atomic E-state index is -1.31. The molecule has 3 aliphatic rings. The van der Waals surface area contributed by atoms with Gasteiger partial charge in [0.25, 0.3) is 0 Å². The first-order chi connectivity index (χ1) is 10.8. The van der Waals surface area contributed by atoms with Crippen LogP contribution in [0.5, 0.6) is 0 Å². The van der Waals surface area contributed by atoms with Crippen molar-refractivity contribution in [1.82, 2.24) is 0 Å². The molecule has 6 nitrogen and oxygen atoms in total. The molecule has 130 valence electrons. The number of aliphatic carboxylic acids is 1. The average Bonchev–Trinajstić information content (AvgIpc) is 2.62. The summed E-state index contributed by atoms with van der Waals surface area (Å²) in [6, 6.07) is 0. The zero-order valence-corrected chi connectivity index (χ0v) is 14.1. The monoisotopic (exact) mass is 344 g/mol. The molecule has 3 bridgehead atoms. The highest BCUT2D eigenvalue weighted by Crippen LogP contribution is 2.56. The highest BCUT2D eigenvalue weighted by Gasteiger charge is 2.69. The molecule has 0 amide bonds. The number of carboxylic acids is 1. The van der Waals surface area contributed by atoms with Crippen molar-refractivity contribution in [1.29, 1.82) is 0 Å². The van der Waals surface area contributed by atoms with Gasteiger partial charge >= 0.3 is 5.97 Å². The summed E-state index contributed by atoms with van der Waals surface area (Å²) in [7, 11) is 0. The van der Waals surface area contributed by atoms with Crippen LogP contribution in [0.1, 0.15) is 45.4 Å². The van der Waals surface area contributed by atoms with Gasteiger partial charge in [-0.3, -0.25) is 9.59 Å². The lowest BCUT2D eigenvalue weighted by molar-refractivity contribution is -0.266. The van der Waals surface area contributed by atoms with Gasteiger partial charge in [-0.1, -0.05) is 6.42 Å². The molecule has 5 atom stereocenters. The number of unbranched alkanes of at least 4 members (excludes halogenated alkanes) is 2. The van der Waals surface area contributed by atoms with Crippen LogP contribution in [0.3, 0.4) is 0 Å². The van der Waals surface area contributed by atoms with E-state index in [1.807, 2.05) is 0 Å². The SMILES string of the molecule is C[C@]12CC(=O)[C@@H]3C[C@@]1(O)O[C@H](O2)[C@H]3CSCCCCCC(=O)O. The van der Waals surface area contributed by atoms with Gasteiger partial charge < -0.3 is 19.7 Å². The Morgan fingerprint density at radius 3 is 2.87 bits per heavy atom. The summed E-state index contributed by atoms with van der Waals surface area (Å²) in [5, 5.41) is 19.2. The van der Waals surface area contributed by atoms with Crippen molar-refractivity contribution in [2.24, 2.45) is 11.8 Å². The number of ether oxygens (including phenoxy) is 2. The highest BCUT2D eigenvalue weighted by molar-refractivity contribution is 7.99. The second kappa shape index (κ2) is 6.35. The van der Waals surface area contributed by atoms with Gasteiger partial charge in [-0.05, 0) is 25.5 Å². The van der Waals surface area contributed by atoms with Crippen LogP contribution in [0.15, 0.2) is 0 Å². The van der Waals surface area contributed by atoms with E-state index >= 15 is 0 Å². The van der Waals surface area contributed by atoms with E-state index in [2.05, 4.69) is 0 Å². The third-order valence-electron chi connectivity index (χ3n) is 5.29. The quantitative estimate of drug-likeness (QED) is 0.648. The minimum Gasteiger partial charge on any atom is -0.481 e. The van der Waals surface area contributed by atoms with Gasteiger partial charge in [-0.25, -0.2) is 0 Å². The Kier molecular flexibility index (Phi) is 4.75. The Labute approximate surface area is 139 Å². The summed E-state index contributed by atoms with van der Waals surface area (Å²) < 4.78 is 11.6. The molecule has 0 unspecified atom stereocenters. The number of aliphatic hydroxyl groups is 1. The lowest BCUT2D eigenvalue weighted by atomic mass is 9.70. The molecule has 2 heterocycles. The first kappa shape index (κ1) is 17.2. The van der Waals surface area contributed by atoms with Crippen molar-refractivity contribution in [3.63, 3.8) is 0 Å². The van der Waals surface area contributed by atoms with E-state index in [0.717, 1.165) is 24.3 Å². The van der Waals surface area contributed by atoms with Crippen LogP contribution >= 0.6 is 11.8 Å². The molecule has 23 heavy (non-hydrogen) atoms. The van der Waals surface area contributed by atoms with E-state index in [4.69, 9.17) is 14.6 Å². The molecule has 2 saturated heterocycles. The number of thioether (sulfide) groups is 1. The lowest BCUT2D eigenvalue weighted by Gasteiger charge is -2.45. The molecule has 0 aromatic heterocycles. The zero-order valence-electron chi connectivity index (χ0n) is 13.3. The van der Waals surface area contributed by atoms with Gasteiger partial charge in [0.2, 0.25) is 0 Å². The van der Waals surface area contributed by atoms with Crippen molar-refractivity contribution >= 4 is 23.5 Å². The molecule has 1 saturated carbocycles. The minimum absolute atomic E-state index is 0.00359. The van der Waals surface area contributed by atoms with Crippen molar-refractivity contribution in [2.45, 2.75) is 63.1 Å². The zero-order chi connectivity index (χ0) is 16.7. The van der Waals surface area contributed by atoms with Crippen LogP contribution in [0, 0.1) is 11.8 Å². The summed E-state index contributed by atoms with van der Waals surface area (Å²) in [6.45, 7) is 1.76. The summed E-state index contributed by atoms with van der Waals surface area (Å²) >= 11 is 1.75. The number of carboxylic acid groups (broad SMARTS) is 1. The van der Waals surface area contributed by atoms with Gasteiger partial charge in [-0.2, -0.15) is 11.8 Å². The smallest absolute Gasteiger partial charge is 0.303 e. The number of ketones is 1. The second-order valence-electron chi connectivity index (χ2n) is 7.02. The molecule has 3 rings (SSSR count). The molecule has 2 N–H and O–H groups in total. The maximum absolute atomic E-state index is 12.3. The predicted octanol–water partition coefficient (Wildman–Crippen LogP) is 1.79. The van der Waals surface area contributed by atoms with E-state index in [0.29, 0.717) is 12.8 Å². The molecule has 0 spiro atoms. The van der Waals surface area contributed by atoms with Gasteiger partial charge in [-0.15, -0.1) is 0 Å². The Morgan fingerprint density at radius 2 is 2.13 bits per heavy atom. The van der Waals surface area contributed by atoms with Gasteiger partial charge in [0.05, 0.1) is 0 Å². The van der Waals surface area contributed by atoms with Crippen LogP contribution in [0.4, 0.5) is 0 Å². The number of hydrogen-bond acceptors (Lipinski definition) is 6. The third kappa shape index (κ3) is 3.16. The largest absolute Gasteiger partial charge is 0.481 e. The van der Waals surface area contributed by atoms with Crippen LogP contribution in [-0.2, 0) is 19.1 Å². The second-order valence-corrected chi connectivity index (χ2v) is 8.17. The van der Waals surface area contributed by atoms with Gasteiger partial charge in [0.1, 0.15) is 11.4 Å². The Balaban J connectivity index is 1.46. The number of carbonyl (C=O) groups is 2. The maximum atomic E-state index is 12.3. The van der Waals surface area contributed by atoms with Gasteiger partial charge in [0.15, 0.2) is 12.1 Å². The average molecular weight is 344 g/mol. The first-order valence-corrected chi connectivity index (χ1v) is 9.40. The fourth-order valence-electron chi connectivity index (χ4n) is 3.83. The number of fused-ring (bicyclic) bond motifs is 2. The predicted molar refractivity (Wildman–Crippen MR) is 84.0 cm³/mol. The van der Waals surface area contributed by atoms with E-state index in [-0.39, 0.29) is 30.5 Å². The molecule has 2 aliphatic heterocycles. The standard InChI is InChI=1S/C16H24O6S/c1-15-8-12(17)10-7-16(15,20)22-14(21-15)11(10)9-23-6-4-2-3-5-13(18)19/h10-11,14,20H,2-9H2,1H3,(H,18,19)/t10-,11+,14+,15+,16-/m1/s1. The molecular weight excluding hydrogens is 320 g/mol. The first-order valence-electron chi connectivity index (χ1n) is 8.25. The highest BCUT2D eigenvalue weighted by atomic mass is 32.2. The van der Waals surface area contributed by atoms with Crippen LogP contribution in [-0.4, -0.2) is 51.1 Å². The van der Waals surface area contributed by atoms with Crippen molar-refractivity contribution in [3.8, 4) is 0 Å². The Hall–Kier alpha value is -0.630. The van der Waals surface area contributed by atoms with E-state index < -0.39 is 23.6 Å². The number of hydrogen-bond donors (Lipinski definition) is 2. The number of carbonyl (C=O) groups excluding carboxylic acids is 1. The van der Waals surface area contributed by atoms with Crippen molar-refractivity contribution in [3.05, 3.63) is 0 Å². The van der Waals surface area contributed by atoms with E-state index in [9.17, 15) is 14.7 Å². The molecular formula is C16H24O6S. The topological polar surface area (TPSA) is 93.1 Å². The Bertz CT molecular complexity index is 497. The summed E-state index contributed by atoms with van der Waals surface area (Å²) in [4.78, 5) is 22.8. The van der Waals surface area contributed by atoms with E-state index in [1.165, 1.54) is 0 Å². The van der Waals surface area contributed by atoms with Crippen molar-refractivity contribution < 1.29 is 29.3 Å². The van der Waals surface area contributed by atoms with Crippen LogP contribution in [0.2, 0.25) is 0 Å². The summed E-state index contributed by atoms with van der Waals surface area (Å²) in [5.74, 6) is -0.350. The van der Waals surface area contributed by atoms with Gasteiger partial charge in [0, 0.05) is 36.9 Å². The third-order valence-corrected chi connectivity index (χ3v) is 6.49. The molecule has 1 aliphatic carbocycles. The lowest BCUT2D eigenvalue weighted by Crippen LogP contribution is -2.59. The van der Waals surface area contributed by atoms with Crippen molar-refractivity contribution in [2.75, 3.05) is 11.5 Å². The molecule has 0 radical (unpaired) electrons. The summed E-state index contributed by atoms with van der Waals surface area (Å²) in [5.41, 5.74) is -0.901. The number of Topliss-reactive ketones (excluding diaryl/α,β-unsaturated/α-hetero) is 1. The molecule has 0 aromatic carbocycles. The maximum Gasteiger partial charge on any atom is 0.303 e. The normalized spacial score (nSPS) is 41.5. The number of rotatable bonds is 8. The van der Waals surface area contributed by atoms with Crippen LogP contribution in [0.25, 0.3) is 0 Å². The fraction of sp³-hybridized carbons (Fsp3) is 0.875. The summed E-state index contributed by atoms with van der Waals surface area (Å²) in [6.07, 6.45) is 2.88. The van der Waals surface area contributed by atoms with E-state index in [1.54, 1.807) is 18.7 Å². The molecule has 0 aromatic rings. The molecule has 7 heteroatoms. The molecule has 3 fully saturated rings. The Morgan fingerprint density at radius 1 is 1.35 bits per heavy atom. The fourth-order valence-corrected chi connectivity index (χ4v) is 5.07. The van der Waals surface area contributed by atoms with Crippen LogP contribution < -0.4 is 0 Å².